The van der Waals surface area contributed by atoms with Crippen LogP contribution >= 0.6 is 0 Å². The first-order valence-electron chi connectivity index (χ1n) is 5.91. The predicted molar refractivity (Wildman–Crippen MR) is 63.8 cm³/mol. The molecule has 0 spiro atoms. The quantitative estimate of drug-likeness (QED) is 0.751. The van der Waals surface area contributed by atoms with Crippen molar-refractivity contribution >= 4 is 5.78 Å². The molecule has 0 atom stereocenters. The van der Waals surface area contributed by atoms with Crippen molar-refractivity contribution in [3.05, 3.63) is 42.0 Å². The highest BCUT2D eigenvalue weighted by molar-refractivity contribution is 5.99. The van der Waals surface area contributed by atoms with Crippen molar-refractivity contribution < 1.29 is 4.79 Å². The number of aromatic nitrogens is 3. The van der Waals surface area contributed by atoms with Gasteiger partial charge in [0, 0.05) is 37.1 Å². The second-order valence-corrected chi connectivity index (χ2v) is 4.69. The molecule has 0 aromatic carbocycles. The van der Waals surface area contributed by atoms with E-state index in [1.165, 1.54) is 0 Å². The van der Waals surface area contributed by atoms with E-state index in [1.54, 1.807) is 4.68 Å². The van der Waals surface area contributed by atoms with Gasteiger partial charge in [-0.3, -0.25) is 9.48 Å². The summed E-state index contributed by atoms with van der Waals surface area (Å²) in [6.07, 6.45) is 7.92. The summed E-state index contributed by atoms with van der Waals surface area (Å²) in [6, 6.07) is 3.89. The summed E-state index contributed by atoms with van der Waals surface area (Å²) >= 11 is 0. The number of carbonyl (C=O) groups excluding carboxylic acids is 1. The fraction of sp³-hybridized carbons (Fsp3) is 0.385. The van der Waals surface area contributed by atoms with Crippen LogP contribution in [0.15, 0.2) is 30.7 Å². The zero-order valence-electron chi connectivity index (χ0n) is 9.84. The largest absolute Gasteiger partial charge is 0.348 e. The van der Waals surface area contributed by atoms with Crippen LogP contribution in [0.5, 0.6) is 0 Å². The van der Waals surface area contributed by atoms with Crippen molar-refractivity contribution in [2.75, 3.05) is 0 Å². The number of hydrogen-bond acceptors (Lipinski definition) is 2. The molecule has 17 heavy (non-hydrogen) atoms. The Labute approximate surface area is 99.9 Å². The minimum absolute atomic E-state index is 0.292. The van der Waals surface area contributed by atoms with Gasteiger partial charge in [0.2, 0.25) is 0 Å². The van der Waals surface area contributed by atoms with Crippen molar-refractivity contribution in [2.45, 2.75) is 19.4 Å². The average Bonchev–Trinajstić information content (AvgIpc) is 2.93. The van der Waals surface area contributed by atoms with Crippen molar-refractivity contribution in [3.63, 3.8) is 0 Å². The van der Waals surface area contributed by atoms with E-state index in [9.17, 15) is 4.79 Å². The first kappa shape index (κ1) is 10.3. The lowest BCUT2D eigenvalue weighted by molar-refractivity contribution is 0.0967. The Morgan fingerprint density at radius 2 is 2.24 bits per heavy atom. The van der Waals surface area contributed by atoms with Gasteiger partial charge in [0.15, 0.2) is 5.78 Å². The lowest BCUT2D eigenvalue weighted by Crippen LogP contribution is -2.01. The number of Topliss-reactive ketones (excluding diaryl/α,β-unsaturated/α-hetero) is 1. The monoisotopic (exact) mass is 229 g/mol. The Hall–Kier alpha value is -1.84. The topological polar surface area (TPSA) is 39.8 Å². The standard InChI is InChI=1S/C13H15N3O/c1-15-6-5-12(14-15)9-16-7-4-11(8-16)13(17)10-2-3-10/h4-8,10H,2-3,9H2,1H3. The maximum Gasteiger partial charge on any atom is 0.167 e. The summed E-state index contributed by atoms with van der Waals surface area (Å²) in [5.74, 6) is 0.588. The Kier molecular flexibility index (Phi) is 2.35. The van der Waals surface area contributed by atoms with Crippen LogP contribution in [0.3, 0.4) is 0 Å². The van der Waals surface area contributed by atoms with Gasteiger partial charge in [0.25, 0.3) is 0 Å². The maximum absolute atomic E-state index is 11.8. The predicted octanol–water partition coefficient (Wildman–Crippen LogP) is 1.86. The fourth-order valence-electron chi connectivity index (χ4n) is 2.00. The zero-order valence-corrected chi connectivity index (χ0v) is 9.84. The SMILES string of the molecule is Cn1ccc(Cn2ccc(C(=O)C3CC3)c2)n1. The van der Waals surface area contributed by atoms with Crippen LogP contribution in [0.2, 0.25) is 0 Å². The third-order valence-electron chi connectivity index (χ3n) is 3.10. The van der Waals surface area contributed by atoms with Crippen LogP contribution in [0.1, 0.15) is 28.9 Å². The Morgan fingerprint density at radius 1 is 1.41 bits per heavy atom. The molecule has 0 radical (unpaired) electrons. The molecule has 1 aliphatic carbocycles. The molecule has 2 aromatic rings. The Morgan fingerprint density at radius 3 is 2.88 bits per heavy atom. The van der Waals surface area contributed by atoms with Crippen LogP contribution < -0.4 is 0 Å². The Bertz CT molecular complexity index is 549. The number of carbonyl (C=O) groups is 1. The summed E-state index contributed by atoms with van der Waals surface area (Å²) in [7, 11) is 1.90. The van der Waals surface area contributed by atoms with Crippen LogP contribution in [-0.4, -0.2) is 20.1 Å². The van der Waals surface area contributed by atoms with Gasteiger partial charge in [0.1, 0.15) is 0 Å². The summed E-state index contributed by atoms with van der Waals surface area (Å²) in [4.78, 5) is 11.8. The van der Waals surface area contributed by atoms with E-state index in [0.717, 1.165) is 30.6 Å². The highest BCUT2D eigenvalue weighted by Gasteiger charge is 2.30. The van der Waals surface area contributed by atoms with E-state index >= 15 is 0 Å². The lowest BCUT2D eigenvalue weighted by Gasteiger charge is -1.98. The van der Waals surface area contributed by atoms with Crippen LogP contribution in [0, 0.1) is 5.92 Å². The highest BCUT2D eigenvalue weighted by Crippen LogP contribution is 2.32. The van der Waals surface area contributed by atoms with E-state index in [2.05, 4.69) is 5.10 Å². The molecular weight excluding hydrogens is 214 g/mol. The molecule has 2 heterocycles. The van der Waals surface area contributed by atoms with Gasteiger partial charge in [-0.2, -0.15) is 5.10 Å². The lowest BCUT2D eigenvalue weighted by atomic mass is 10.1. The smallest absolute Gasteiger partial charge is 0.167 e. The number of rotatable bonds is 4. The second kappa shape index (κ2) is 3.87. The van der Waals surface area contributed by atoms with Gasteiger partial charge < -0.3 is 4.57 Å². The molecule has 4 heteroatoms. The number of nitrogens with zero attached hydrogens (tertiary/aromatic N) is 3. The third kappa shape index (κ3) is 2.16. The van der Waals surface area contributed by atoms with Gasteiger partial charge in [-0.1, -0.05) is 0 Å². The molecule has 0 unspecified atom stereocenters. The fourth-order valence-corrected chi connectivity index (χ4v) is 2.00. The highest BCUT2D eigenvalue weighted by atomic mass is 16.1. The van der Waals surface area contributed by atoms with Crippen molar-refractivity contribution in [3.8, 4) is 0 Å². The summed E-state index contributed by atoms with van der Waals surface area (Å²) < 4.78 is 3.80. The summed E-state index contributed by atoms with van der Waals surface area (Å²) in [6.45, 7) is 0.721. The van der Waals surface area contributed by atoms with E-state index in [1.807, 2.05) is 42.3 Å². The minimum Gasteiger partial charge on any atom is -0.348 e. The molecule has 1 saturated carbocycles. The molecule has 2 aromatic heterocycles. The molecule has 0 amide bonds. The molecule has 0 bridgehead atoms. The second-order valence-electron chi connectivity index (χ2n) is 4.69. The number of aryl methyl sites for hydroxylation is 1. The normalized spacial score (nSPS) is 15.1. The van der Waals surface area contributed by atoms with Crippen LogP contribution in [-0.2, 0) is 13.6 Å². The molecule has 1 fully saturated rings. The molecule has 1 aliphatic rings. The van der Waals surface area contributed by atoms with E-state index in [4.69, 9.17) is 0 Å². The molecule has 0 saturated heterocycles. The molecule has 88 valence electrons. The van der Waals surface area contributed by atoms with Crippen molar-refractivity contribution in [1.82, 2.24) is 14.3 Å². The molecular formula is C13H15N3O. The van der Waals surface area contributed by atoms with Gasteiger partial charge in [-0.15, -0.1) is 0 Å². The third-order valence-corrected chi connectivity index (χ3v) is 3.10. The number of ketones is 1. The summed E-state index contributed by atoms with van der Waals surface area (Å²) in [5.41, 5.74) is 1.84. The summed E-state index contributed by atoms with van der Waals surface area (Å²) in [5, 5.41) is 4.32. The molecule has 0 aliphatic heterocycles. The zero-order chi connectivity index (χ0) is 11.8. The van der Waals surface area contributed by atoms with Gasteiger partial charge >= 0.3 is 0 Å². The average molecular weight is 229 g/mol. The van der Waals surface area contributed by atoms with Crippen molar-refractivity contribution in [1.29, 1.82) is 0 Å². The van der Waals surface area contributed by atoms with E-state index in [0.29, 0.717) is 11.7 Å². The van der Waals surface area contributed by atoms with E-state index in [-0.39, 0.29) is 0 Å². The molecule has 0 N–H and O–H groups in total. The minimum atomic E-state index is 0.292. The van der Waals surface area contributed by atoms with Gasteiger partial charge in [-0.25, -0.2) is 0 Å². The van der Waals surface area contributed by atoms with Crippen LogP contribution in [0.25, 0.3) is 0 Å². The van der Waals surface area contributed by atoms with Gasteiger partial charge in [-0.05, 0) is 25.0 Å². The Balaban J connectivity index is 1.73. The molecule has 4 nitrogen and oxygen atoms in total. The molecule has 3 rings (SSSR count). The number of hydrogen-bond donors (Lipinski definition) is 0. The first-order chi connectivity index (χ1) is 8.22. The van der Waals surface area contributed by atoms with Crippen molar-refractivity contribution in [2.24, 2.45) is 13.0 Å². The van der Waals surface area contributed by atoms with E-state index < -0.39 is 0 Å². The van der Waals surface area contributed by atoms with Gasteiger partial charge in [0.05, 0.1) is 12.2 Å². The maximum atomic E-state index is 11.8. The van der Waals surface area contributed by atoms with Crippen LogP contribution in [0.4, 0.5) is 0 Å². The first-order valence-corrected chi connectivity index (χ1v) is 5.91.